The fraction of sp³-hybridized carbons (Fsp3) is 0.235. The number of aromatic nitrogens is 1. The third-order valence-corrected chi connectivity index (χ3v) is 3.60. The summed E-state index contributed by atoms with van der Waals surface area (Å²) >= 11 is 0. The highest BCUT2D eigenvalue weighted by Crippen LogP contribution is 2.30. The Hall–Kier alpha value is -3.49. The predicted molar refractivity (Wildman–Crippen MR) is 90.9 cm³/mol. The maximum Gasteiger partial charge on any atom is 0.328 e. The summed E-state index contributed by atoms with van der Waals surface area (Å²) in [6.07, 6.45) is 3.26. The van der Waals surface area contributed by atoms with Gasteiger partial charge in [-0.25, -0.2) is 4.79 Å². The highest BCUT2D eigenvalue weighted by Gasteiger charge is 2.29. The third kappa shape index (κ3) is 4.32. The van der Waals surface area contributed by atoms with E-state index >= 15 is 0 Å². The third-order valence-electron chi connectivity index (χ3n) is 3.60. The summed E-state index contributed by atoms with van der Waals surface area (Å²) < 4.78 is 9.66. The molecule has 1 heterocycles. The van der Waals surface area contributed by atoms with E-state index < -0.39 is 28.5 Å². The molecule has 26 heavy (non-hydrogen) atoms. The number of para-hydroxylation sites is 1. The van der Waals surface area contributed by atoms with Crippen LogP contribution in [0.4, 0.5) is 5.69 Å². The number of hydrogen-bond acceptors (Lipinski definition) is 7. The van der Waals surface area contributed by atoms with Crippen molar-refractivity contribution in [3.05, 3.63) is 64.0 Å². The van der Waals surface area contributed by atoms with Crippen LogP contribution in [-0.4, -0.2) is 42.0 Å². The number of ether oxygens (including phenoxy) is 2. The lowest BCUT2D eigenvalue weighted by molar-refractivity contribution is -0.386. The molecule has 136 valence electrons. The van der Waals surface area contributed by atoms with Crippen LogP contribution in [-0.2, 0) is 16.0 Å². The summed E-state index contributed by atoms with van der Waals surface area (Å²) in [4.78, 5) is 39.1. The molecule has 0 unspecified atom stereocenters. The number of hydrogen-bond donors (Lipinski definition) is 1. The maximum atomic E-state index is 12.6. The number of carbonyl (C=O) groups is 2. The van der Waals surface area contributed by atoms with E-state index in [4.69, 9.17) is 9.47 Å². The number of benzene rings is 1. The van der Waals surface area contributed by atoms with Gasteiger partial charge in [0.2, 0.25) is 0 Å². The minimum Gasteiger partial charge on any atom is -0.490 e. The minimum absolute atomic E-state index is 0.0514. The number of amides is 1. The van der Waals surface area contributed by atoms with Gasteiger partial charge in [-0.05, 0) is 23.8 Å². The van der Waals surface area contributed by atoms with Crippen LogP contribution >= 0.6 is 0 Å². The summed E-state index contributed by atoms with van der Waals surface area (Å²) in [5, 5.41) is 13.8. The van der Waals surface area contributed by atoms with Crippen molar-refractivity contribution >= 4 is 17.6 Å². The van der Waals surface area contributed by atoms with Crippen molar-refractivity contribution < 1.29 is 24.0 Å². The predicted octanol–water partition coefficient (Wildman–Crippen LogP) is 1.51. The molecule has 1 aromatic heterocycles. The minimum atomic E-state index is -1.03. The van der Waals surface area contributed by atoms with Crippen LogP contribution in [0.25, 0.3) is 0 Å². The Balaban J connectivity index is 2.30. The molecule has 1 atom stereocenters. The van der Waals surface area contributed by atoms with Crippen LogP contribution in [0.3, 0.4) is 0 Å². The van der Waals surface area contributed by atoms with Crippen molar-refractivity contribution in [2.24, 2.45) is 0 Å². The molecule has 9 heteroatoms. The quantitative estimate of drug-likeness (QED) is 0.452. The second-order valence-electron chi connectivity index (χ2n) is 5.23. The zero-order valence-electron chi connectivity index (χ0n) is 14.2. The van der Waals surface area contributed by atoms with E-state index in [2.05, 4.69) is 10.3 Å². The van der Waals surface area contributed by atoms with Crippen LogP contribution in [0, 0.1) is 10.1 Å². The molecule has 0 fully saturated rings. The molecule has 0 radical (unpaired) electrons. The monoisotopic (exact) mass is 359 g/mol. The molecule has 0 spiro atoms. The van der Waals surface area contributed by atoms with Crippen LogP contribution in [0.15, 0.2) is 42.7 Å². The molecule has 2 rings (SSSR count). The largest absolute Gasteiger partial charge is 0.490 e. The van der Waals surface area contributed by atoms with Gasteiger partial charge < -0.3 is 14.8 Å². The maximum absolute atomic E-state index is 12.6. The number of nitro benzene ring substituents is 1. The molecule has 1 N–H and O–H groups in total. The van der Waals surface area contributed by atoms with E-state index in [1.165, 1.54) is 32.4 Å². The SMILES string of the molecule is COC(=O)[C@H](Cc1cccnc1)NC(=O)c1cccc(OC)c1[N+](=O)[O-]. The van der Waals surface area contributed by atoms with E-state index in [1.54, 1.807) is 24.5 Å². The van der Waals surface area contributed by atoms with Crippen LogP contribution in [0.2, 0.25) is 0 Å². The molecular weight excluding hydrogens is 342 g/mol. The summed E-state index contributed by atoms with van der Waals surface area (Å²) in [5.41, 5.74) is 0.00951. The fourth-order valence-electron chi connectivity index (χ4n) is 2.38. The van der Waals surface area contributed by atoms with Gasteiger partial charge in [-0.2, -0.15) is 0 Å². The Morgan fingerprint density at radius 1 is 1.27 bits per heavy atom. The summed E-state index contributed by atoms with van der Waals surface area (Å²) in [6.45, 7) is 0. The number of rotatable bonds is 7. The van der Waals surface area contributed by atoms with Crippen molar-refractivity contribution in [2.75, 3.05) is 14.2 Å². The Kier molecular flexibility index (Phi) is 6.20. The summed E-state index contributed by atoms with van der Waals surface area (Å²) in [6, 6.07) is 6.52. The topological polar surface area (TPSA) is 121 Å². The van der Waals surface area contributed by atoms with Gasteiger partial charge in [-0.1, -0.05) is 12.1 Å². The van der Waals surface area contributed by atoms with Crippen LogP contribution in [0.5, 0.6) is 5.75 Å². The number of nitrogens with zero attached hydrogens (tertiary/aromatic N) is 2. The lowest BCUT2D eigenvalue weighted by atomic mass is 10.1. The Morgan fingerprint density at radius 3 is 2.62 bits per heavy atom. The number of nitro groups is 1. The van der Waals surface area contributed by atoms with Crippen molar-refractivity contribution in [3.8, 4) is 5.75 Å². The zero-order valence-corrected chi connectivity index (χ0v) is 14.2. The van der Waals surface area contributed by atoms with Gasteiger partial charge in [0.1, 0.15) is 11.6 Å². The van der Waals surface area contributed by atoms with E-state index in [9.17, 15) is 19.7 Å². The first kappa shape index (κ1) is 18.8. The normalized spacial score (nSPS) is 11.3. The van der Waals surface area contributed by atoms with Gasteiger partial charge in [0, 0.05) is 18.8 Å². The highest BCUT2D eigenvalue weighted by atomic mass is 16.6. The molecule has 1 amide bonds. The molecule has 0 saturated heterocycles. The van der Waals surface area contributed by atoms with Gasteiger partial charge in [-0.3, -0.25) is 19.9 Å². The summed E-state index contributed by atoms with van der Waals surface area (Å²) in [5.74, 6) is -1.51. The summed E-state index contributed by atoms with van der Waals surface area (Å²) in [7, 11) is 2.46. The molecule has 1 aromatic carbocycles. The van der Waals surface area contributed by atoms with E-state index in [0.29, 0.717) is 5.56 Å². The van der Waals surface area contributed by atoms with Gasteiger partial charge >= 0.3 is 11.7 Å². The lowest BCUT2D eigenvalue weighted by Gasteiger charge is -2.17. The zero-order chi connectivity index (χ0) is 19.1. The smallest absolute Gasteiger partial charge is 0.328 e. The van der Waals surface area contributed by atoms with Crippen molar-refractivity contribution in [2.45, 2.75) is 12.5 Å². The number of pyridine rings is 1. The lowest BCUT2D eigenvalue weighted by Crippen LogP contribution is -2.43. The Bertz CT molecular complexity index is 809. The van der Waals surface area contributed by atoms with Crippen molar-refractivity contribution in [1.29, 1.82) is 0 Å². The van der Waals surface area contributed by atoms with Crippen molar-refractivity contribution in [1.82, 2.24) is 10.3 Å². The molecule has 0 aliphatic heterocycles. The van der Waals surface area contributed by atoms with E-state index in [-0.39, 0.29) is 17.7 Å². The Morgan fingerprint density at radius 2 is 2.04 bits per heavy atom. The second kappa shape index (κ2) is 8.56. The number of nitrogens with one attached hydrogen (secondary N) is 1. The van der Waals surface area contributed by atoms with E-state index in [0.717, 1.165) is 0 Å². The standard InChI is InChI=1S/C17H17N3O6/c1-25-14-7-3-6-12(15(14)20(23)24)16(21)19-13(17(22)26-2)9-11-5-4-8-18-10-11/h3-8,10,13H,9H2,1-2H3,(H,19,21)/t13-/m0/s1. The second-order valence-corrected chi connectivity index (χ2v) is 5.23. The molecule has 0 aliphatic carbocycles. The first-order valence-electron chi connectivity index (χ1n) is 7.57. The molecule has 2 aromatic rings. The van der Waals surface area contributed by atoms with E-state index in [1.807, 2.05) is 0 Å². The molecule has 0 aliphatic rings. The highest BCUT2D eigenvalue weighted by molar-refractivity contribution is 6.01. The van der Waals surface area contributed by atoms with Gasteiger partial charge in [0.25, 0.3) is 5.91 Å². The average Bonchev–Trinajstić information content (AvgIpc) is 2.66. The van der Waals surface area contributed by atoms with Gasteiger partial charge in [-0.15, -0.1) is 0 Å². The van der Waals surface area contributed by atoms with Gasteiger partial charge in [0.05, 0.1) is 19.1 Å². The molecule has 0 saturated carbocycles. The first-order valence-corrected chi connectivity index (χ1v) is 7.57. The number of esters is 1. The molecule has 9 nitrogen and oxygen atoms in total. The Labute approximate surface area is 149 Å². The molecule has 0 bridgehead atoms. The number of carbonyl (C=O) groups excluding carboxylic acids is 2. The average molecular weight is 359 g/mol. The van der Waals surface area contributed by atoms with Crippen LogP contribution in [0.1, 0.15) is 15.9 Å². The van der Waals surface area contributed by atoms with Gasteiger partial charge in [0.15, 0.2) is 5.75 Å². The molecular formula is C17H17N3O6. The van der Waals surface area contributed by atoms with Crippen molar-refractivity contribution in [3.63, 3.8) is 0 Å². The van der Waals surface area contributed by atoms with Crippen LogP contribution < -0.4 is 10.1 Å². The first-order chi connectivity index (χ1) is 12.5. The number of methoxy groups -OCH3 is 2. The fourth-order valence-corrected chi connectivity index (χ4v) is 2.38.